The quantitative estimate of drug-likeness (QED) is 0.561. The van der Waals surface area contributed by atoms with Crippen molar-refractivity contribution in [2.24, 2.45) is 4.99 Å². The van der Waals surface area contributed by atoms with Crippen molar-refractivity contribution in [2.75, 3.05) is 27.0 Å². The number of fused-ring (bicyclic) bond motifs is 1. The van der Waals surface area contributed by atoms with Crippen molar-refractivity contribution in [3.8, 4) is 5.75 Å². The second-order valence-electron chi connectivity index (χ2n) is 6.48. The Morgan fingerprint density at radius 3 is 2.78 bits per heavy atom. The van der Waals surface area contributed by atoms with Gasteiger partial charge >= 0.3 is 0 Å². The van der Waals surface area contributed by atoms with E-state index in [0.29, 0.717) is 5.11 Å². The predicted octanol–water partition coefficient (Wildman–Crippen LogP) is 3.67. The van der Waals surface area contributed by atoms with E-state index in [0.717, 1.165) is 46.7 Å². The van der Waals surface area contributed by atoms with Crippen LogP contribution in [0.4, 0.5) is 0 Å². The van der Waals surface area contributed by atoms with Gasteiger partial charge in [-0.3, -0.25) is 4.99 Å². The van der Waals surface area contributed by atoms with Gasteiger partial charge < -0.3 is 19.7 Å². The number of hydrogen-bond acceptors (Lipinski definition) is 4. The van der Waals surface area contributed by atoms with Gasteiger partial charge in [-0.2, -0.15) is 0 Å². The smallest absolute Gasteiger partial charge is 0.188 e. The molecular weight excluding hydrogens is 426 g/mol. The third kappa shape index (κ3) is 3.24. The molecule has 4 rings (SSSR count). The maximum atomic E-state index is 5.66. The fourth-order valence-corrected chi connectivity index (χ4v) is 4.36. The molecule has 0 bridgehead atoms. The van der Waals surface area contributed by atoms with Gasteiger partial charge in [0.05, 0.1) is 0 Å². The Bertz CT molecular complexity index is 887. The minimum absolute atomic E-state index is 0.221. The highest BCUT2D eigenvalue weighted by Crippen LogP contribution is 2.39. The zero-order valence-corrected chi connectivity index (χ0v) is 17.3. The summed E-state index contributed by atoms with van der Waals surface area (Å²) in [6.45, 7) is 1.91. The summed E-state index contributed by atoms with van der Waals surface area (Å²) in [7, 11) is 1.61. The zero-order chi connectivity index (χ0) is 18.9. The Labute approximate surface area is 172 Å². The number of amidine groups is 1. The normalized spacial score (nSPS) is 21.5. The molecule has 0 saturated carbocycles. The summed E-state index contributed by atoms with van der Waals surface area (Å²) >= 11 is 9.26. The summed E-state index contributed by atoms with van der Waals surface area (Å²) in [4.78, 5) is 7.00. The van der Waals surface area contributed by atoms with Crippen molar-refractivity contribution >= 4 is 39.1 Å². The third-order valence-electron chi connectivity index (χ3n) is 4.82. The zero-order valence-electron chi connectivity index (χ0n) is 14.9. The van der Waals surface area contributed by atoms with Crippen molar-refractivity contribution in [2.45, 2.75) is 12.0 Å². The van der Waals surface area contributed by atoms with Crippen LogP contribution >= 0.6 is 28.1 Å². The highest BCUT2D eigenvalue weighted by Gasteiger charge is 2.50. The number of thiocarbonyl (C=S) groups is 1. The molecule has 2 aliphatic heterocycles. The van der Waals surface area contributed by atoms with Gasteiger partial charge in [-0.25, -0.2) is 0 Å². The van der Waals surface area contributed by atoms with E-state index in [4.69, 9.17) is 26.7 Å². The van der Waals surface area contributed by atoms with Crippen molar-refractivity contribution in [1.82, 2.24) is 10.2 Å². The molecule has 1 saturated heterocycles. The van der Waals surface area contributed by atoms with Crippen LogP contribution in [0, 0.1) is 0 Å². The molecule has 5 nitrogen and oxygen atoms in total. The van der Waals surface area contributed by atoms with E-state index in [9.17, 15) is 0 Å². The molecule has 2 heterocycles. The molecule has 1 unspecified atom stereocenters. The van der Waals surface area contributed by atoms with Crippen LogP contribution < -0.4 is 10.1 Å². The van der Waals surface area contributed by atoms with Crippen molar-refractivity contribution in [3.05, 3.63) is 64.1 Å². The first-order valence-corrected chi connectivity index (χ1v) is 9.98. The van der Waals surface area contributed by atoms with Gasteiger partial charge in [0.2, 0.25) is 0 Å². The van der Waals surface area contributed by atoms with E-state index in [1.165, 1.54) is 0 Å². The second-order valence-corrected chi connectivity index (χ2v) is 7.78. The van der Waals surface area contributed by atoms with Crippen molar-refractivity contribution in [1.29, 1.82) is 0 Å². The number of benzene rings is 2. The summed E-state index contributed by atoms with van der Waals surface area (Å²) in [5, 5.41) is 4.29. The van der Waals surface area contributed by atoms with Crippen molar-refractivity contribution in [3.63, 3.8) is 0 Å². The highest BCUT2D eigenvalue weighted by atomic mass is 79.9. The number of nitrogens with one attached hydrogen (secondary N) is 1. The largest absolute Gasteiger partial charge is 0.468 e. The average Bonchev–Trinajstić information content (AvgIpc) is 3.01. The number of halogens is 1. The van der Waals surface area contributed by atoms with E-state index >= 15 is 0 Å². The molecule has 2 aromatic rings. The number of ether oxygens (including phenoxy) is 2. The van der Waals surface area contributed by atoms with Gasteiger partial charge in [0, 0.05) is 24.7 Å². The number of nitrogens with zero attached hydrogens (tertiary/aromatic N) is 2. The standard InChI is InChI=1S/C20H20BrN3O2S/c1-25-13-26-17-8-6-14(7-9-17)20(15-4-2-5-16(21)12-15)18-22-10-3-11-24(18)19(27)23-20/h2,4-9,12H,3,10-11,13H2,1H3,(H,23,27). The van der Waals surface area contributed by atoms with Crippen molar-refractivity contribution < 1.29 is 9.47 Å². The summed E-state index contributed by atoms with van der Waals surface area (Å²) < 4.78 is 11.5. The minimum Gasteiger partial charge on any atom is -0.468 e. The molecule has 0 amide bonds. The predicted molar refractivity (Wildman–Crippen MR) is 113 cm³/mol. The molecule has 0 aromatic heterocycles. The van der Waals surface area contributed by atoms with E-state index in [1.54, 1.807) is 7.11 Å². The molecule has 1 atom stereocenters. The van der Waals surface area contributed by atoms with Crippen LogP contribution in [0.1, 0.15) is 17.5 Å². The lowest BCUT2D eigenvalue weighted by Gasteiger charge is -2.33. The van der Waals surface area contributed by atoms with Gasteiger partial charge in [0.25, 0.3) is 0 Å². The van der Waals surface area contributed by atoms with Gasteiger partial charge in [-0.15, -0.1) is 0 Å². The number of methoxy groups -OCH3 is 1. The molecule has 27 heavy (non-hydrogen) atoms. The monoisotopic (exact) mass is 445 g/mol. The lowest BCUT2D eigenvalue weighted by atomic mass is 9.82. The summed E-state index contributed by atoms with van der Waals surface area (Å²) in [6, 6.07) is 16.3. The average molecular weight is 446 g/mol. The van der Waals surface area contributed by atoms with Crippen LogP contribution in [-0.2, 0) is 10.3 Å². The molecule has 7 heteroatoms. The Kier molecular flexibility index (Phi) is 5.16. The Morgan fingerprint density at radius 1 is 1.22 bits per heavy atom. The van der Waals surface area contributed by atoms with E-state index in [1.807, 2.05) is 24.3 Å². The SMILES string of the molecule is COCOc1ccc(C2(c3cccc(Br)c3)NC(=S)N3CCCN=C32)cc1. The molecule has 140 valence electrons. The van der Waals surface area contributed by atoms with Crippen LogP contribution in [-0.4, -0.2) is 42.8 Å². The molecule has 1 fully saturated rings. The van der Waals surface area contributed by atoms with Crippen LogP contribution in [0.3, 0.4) is 0 Å². The van der Waals surface area contributed by atoms with E-state index in [-0.39, 0.29) is 6.79 Å². The number of aliphatic imine (C=N–C) groups is 1. The number of hydrogen-bond donors (Lipinski definition) is 1. The topological polar surface area (TPSA) is 46.1 Å². The highest BCUT2D eigenvalue weighted by molar-refractivity contribution is 9.10. The first-order valence-electron chi connectivity index (χ1n) is 8.78. The fraction of sp³-hybridized carbons (Fsp3) is 0.300. The van der Waals surface area contributed by atoms with Gasteiger partial charge in [-0.05, 0) is 54.0 Å². The van der Waals surface area contributed by atoms with Gasteiger partial charge in [0.1, 0.15) is 17.1 Å². The molecule has 0 aliphatic carbocycles. The Balaban J connectivity index is 1.85. The minimum atomic E-state index is -0.610. The molecule has 0 spiro atoms. The van der Waals surface area contributed by atoms with Gasteiger partial charge in [0.15, 0.2) is 11.9 Å². The maximum Gasteiger partial charge on any atom is 0.188 e. The lowest BCUT2D eigenvalue weighted by Crippen LogP contribution is -2.46. The van der Waals surface area contributed by atoms with Gasteiger partial charge in [-0.1, -0.05) is 40.2 Å². The van der Waals surface area contributed by atoms with Crippen LogP contribution in [0.25, 0.3) is 0 Å². The van der Waals surface area contributed by atoms with Crippen LogP contribution in [0.5, 0.6) is 5.75 Å². The summed E-state index contributed by atoms with van der Waals surface area (Å²) in [5.41, 5.74) is 1.55. The maximum absolute atomic E-state index is 5.66. The molecule has 1 N–H and O–H groups in total. The number of rotatable bonds is 5. The first-order chi connectivity index (χ1) is 13.1. The second kappa shape index (κ2) is 7.58. The fourth-order valence-electron chi connectivity index (χ4n) is 3.63. The lowest BCUT2D eigenvalue weighted by molar-refractivity contribution is 0.0511. The molecule has 2 aliphatic rings. The third-order valence-corrected chi connectivity index (χ3v) is 5.64. The summed E-state index contributed by atoms with van der Waals surface area (Å²) in [5.74, 6) is 1.72. The summed E-state index contributed by atoms with van der Waals surface area (Å²) in [6.07, 6.45) is 1.00. The Hall–Kier alpha value is -1.96. The first kappa shape index (κ1) is 18.4. The van der Waals surface area contributed by atoms with E-state index in [2.05, 4.69) is 50.4 Å². The van der Waals surface area contributed by atoms with Crippen LogP contribution in [0.2, 0.25) is 0 Å². The molecule has 0 radical (unpaired) electrons. The molecular formula is C20H20BrN3O2S. The van der Waals surface area contributed by atoms with Crippen LogP contribution in [0.15, 0.2) is 58.0 Å². The molecule has 2 aromatic carbocycles. The Morgan fingerprint density at radius 2 is 2.04 bits per heavy atom. The van der Waals surface area contributed by atoms with E-state index < -0.39 is 5.54 Å².